The van der Waals surface area contributed by atoms with Crippen LogP contribution in [0, 0.1) is 11.8 Å². The average molecular weight is 281 g/mol. The third kappa shape index (κ3) is 6.36. The third-order valence-electron chi connectivity index (χ3n) is 3.70. The van der Waals surface area contributed by atoms with Crippen molar-refractivity contribution in [2.75, 3.05) is 13.1 Å². The van der Waals surface area contributed by atoms with E-state index in [-0.39, 0.29) is 23.5 Å². The van der Waals surface area contributed by atoms with E-state index in [2.05, 4.69) is 6.58 Å². The molecule has 3 nitrogen and oxygen atoms in total. The second-order valence-corrected chi connectivity index (χ2v) is 5.82. The molecule has 116 valence electrons. The summed E-state index contributed by atoms with van der Waals surface area (Å²) in [5.74, 6) is 0.572. The maximum absolute atomic E-state index is 11.9. The molecule has 1 amide bonds. The van der Waals surface area contributed by atoms with E-state index in [4.69, 9.17) is 0 Å². The molecule has 0 aliphatic heterocycles. The summed E-state index contributed by atoms with van der Waals surface area (Å²) in [5.41, 5.74) is 0.655. The fourth-order valence-corrected chi connectivity index (χ4v) is 2.35. The number of ketones is 1. The smallest absolute Gasteiger partial charge is 0.225 e. The number of amides is 1. The Morgan fingerprint density at radius 3 is 2.15 bits per heavy atom. The summed E-state index contributed by atoms with van der Waals surface area (Å²) in [4.78, 5) is 25.7. The number of carbonyl (C=O) groups is 2. The number of unbranched alkanes of at least 4 members (excludes halogenated alkanes) is 1. The van der Waals surface area contributed by atoms with Gasteiger partial charge in [-0.3, -0.25) is 9.59 Å². The molecule has 1 unspecified atom stereocenters. The van der Waals surface area contributed by atoms with Crippen LogP contribution in [-0.2, 0) is 9.59 Å². The lowest BCUT2D eigenvalue weighted by atomic mass is 9.91. The van der Waals surface area contributed by atoms with Gasteiger partial charge in [0.25, 0.3) is 0 Å². The molecule has 0 aliphatic carbocycles. The highest BCUT2D eigenvalue weighted by molar-refractivity contribution is 5.95. The molecule has 20 heavy (non-hydrogen) atoms. The zero-order chi connectivity index (χ0) is 15.7. The zero-order valence-corrected chi connectivity index (χ0v) is 13.9. The van der Waals surface area contributed by atoms with Crippen molar-refractivity contribution in [3.63, 3.8) is 0 Å². The Morgan fingerprint density at radius 1 is 1.15 bits per heavy atom. The highest BCUT2D eigenvalue weighted by Crippen LogP contribution is 2.17. The molecule has 0 spiro atoms. The molecule has 0 bridgehead atoms. The van der Waals surface area contributed by atoms with Crippen molar-refractivity contribution in [2.45, 2.75) is 60.3 Å². The number of Topliss-reactive ketones (excluding diaryl/α,β-unsaturated/α-hetero) is 1. The van der Waals surface area contributed by atoms with E-state index in [0.717, 1.165) is 38.8 Å². The summed E-state index contributed by atoms with van der Waals surface area (Å²) >= 11 is 0. The first-order chi connectivity index (χ1) is 9.34. The van der Waals surface area contributed by atoms with Gasteiger partial charge in [0, 0.05) is 24.9 Å². The molecule has 0 N–H and O–H groups in total. The Labute approximate surface area is 124 Å². The molecule has 0 rings (SSSR count). The van der Waals surface area contributed by atoms with Crippen LogP contribution < -0.4 is 0 Å². The van der Waals surface area contributed by atoms with Gasteiger partial charge in [-0.25, -0.2) is 0 Å². The first-order valence-electron chi connectivity index (χ1n) is 7.83. The molecule has 0 aromatic rings. The maximum Gasteiger partial charge on any atom is 0.225 e. The van der Waals surface area contributed by atoms with Gasteiger partial charge in [0.15, 0.2) is 5.78 Å². The number of allylic oxidation sites excluding steroid dienone is 1. The molecule has 0 saturated carbocycles. The van der Waals surface area contributed by atoms with Crippen molar-refractivity contribution in [2.24, 2.45) is 11.8 Å². The number of hydrogen-bond donors (Lipinski definition) is 0. The summed E-state index contributed by atoms with van der Waals surface area (Å²) in [6.45, 7) is 15.0. The Balaban J connectivity index is 4.14. The lowest BCUT2D eigenvalue weighted by molar-refractivity contribution is -0.134. The minimum Gasteiger partial charge on any atom is -0.343 e. The summed E-state index contributed by atoms with van der Waals surface area (Å²) in [5, 5.41) is 0. The summed E-state index contributed by atoms with van der Waals surface area (Å²) in [6.07, 6.45) is 3.72. The topological polar surface area (TPSA) is 37.4 Å². The van der Waals surface area contributed by atoms with Gasteiger partial charge >= 0.3 is 0 Å². The summed E-state index contributed by atoms with van der Waals surface area (Å²) in [6, 6.07) is 0. The Morgan fingerprint density at radius 2 is 1.75 bits per heavy atom. The second kappa shape index (κ2) is 9.73. The average Bonchev–Trinajstić information content (AvgIpc) is 2.41. The fourth-order valence-electron chi connectivity index (χ4n) is 2.35. The molecular formula is C17H31NO2. The minimum absolute atomic E-state index is 0.0586. The first-order valence-corrected chi connectivity index (χ1v) is 7.83. The Bertz CT molecular complexity index is 334. The van der Waals surface area contributed by atoms with Crippen molar-refractivity contribution >= 4 is 11.7 Å². The molecule has 3 heteroatoms. The monoisotopic (exact) mass is 281 g/mol. The van der Waals surface area contributed by atoms with Gasteiger partial charge in [0.05, 0.1) is 0 Å². The van der Waals surface area contributed by atoms with Gasteiger partial charge in [0.2, 0.25) is 5.91 Å². The molecule has 0 aliphatic rings. The second-order valence-electron chi connectivity index (χ2n) is 5.82. The van der Waals surface area contributed by atoms with E-state index in [1.54, 1.807) is 6.92 Å². The lowest BCUT2D eigenvalue weighted by Crippen LogP contribution is -2.34. The van der Waals surface area contributed by atoms with E-state index in [1.165, 1.54) is 0 Å². The fraction of sp³-hybridized carbons (Fsp3) is 0.765. The molecule has 1 atom stereocenters. The van der Waals surface area contributed by atoms with Gasteiger partial charge in [0.1, 0.15) is 0 Å². The highest BCUT2D eigenvalue weighted by atomic mass is 16.2. The van der Waals surface area contributed by atoms with Gasteiger partial charge in [-0.05, 0) is 38.7 Å². The predicted octanol–water partition coefficient (Wildman–Crippen LogP) is 3.83. The predicted molar refractivity (Wildman–Crippen MR) is 84.5 cm³/mol. The van der Waals surface area contributed by atoms with Crippen LogP contribution in [0.3, 0.4) is 0 Å². The molecule has 0 aromatic heterocycles. The van der Waals surface area contributed by atoms with Crippen molar-refractivity contribution in [1.82, 2.24) is 4.90 Å². The maximum atomic E-state index is 11.9. The number of nitrogens with zero attached hydrogens (tertiary/aromatic N) is 1. The van der Waals surface area contributed by atoms with E-state index in [9.17, 15) is 9.59 Å². The van der Waals surface area contributed by atoms with Crippen molar-refractivity contribution < 1.29 is 9.59 Å². The molecule has 0 fully saturated rings. The minimum atomic E-state index is 0.0586. The van der Waals surface area contributed by atoms with Crippen LogP contribution in [-0.4, -0.2) is 29.7 Å². The Kier molecular flexibility index (Phi) is 9.19. The molecule has 0 saturated heterocycles. The van der Waals surface area contributed by atoms with Gasteiger partial charge in [-0.2, -0.15) is 0 Å². The van der Waals surface area contributed by atoms with Crippen molar-refractivity contribution in [3.8, 4) is 0 Å². The normalized spacial score (nSPS) is 12.3. The first kappa shape index (κ1) is 18.9. The number of carbonyl (C=O) groups excluding carboxylic acids is 2. The molecule has 0 radical (unpaired) electrons. The van der Waals surface area contributed by atoms with Crippen LogP contribution in [0.1, 0.15) is 60.3 Å². The third-order valence-corrected chi connectivity index (χ3v) is 3.70. The van der Waals surface area contributed by atoms with Crippen LogP contribution in [0.25, 0.3) is 0 Å². The molecular weight excluding hydrogens is 250 g/mol. The van der Waals surface area contributed by atoms with Crippen LogP contribution in [0.4, 0.5) is 0 Å². The number of hydrogen-bond acceptors (Lipinski definition) is 2. The standard InChI is InChI=1S/C17H31NO2/c1-7-15(16(19)13(3)4)11-9-10-12-18(8-2)17(20)14(5)6/h14-15H,3,7-12H2,1-2,4-6H3. The van der Waals surface area contributed by atoms with Crippen LogP contribution in [0.5, 0.6) is 0 Å². The van der Waals surface area contributed by atoms with E-state index in [0.29, 0.717) is 5.57 Å². The summed E-state index contributed by atoms with van der Waals surface area (Å²) < 4.78 is 0. The van der Waals surface area contributed by atoms with E-state index in [1.807, 2.05) is 32.6 Å². The van der Waals surface area contributed by atoms with Crippen molar-refractivity contribution in [3.05, 3.63) is 12.2 Å². The molecule has 0 aromatic carbocycles. The molecule has 0 heterocycles. The quantitative estimate of drug-likeness (QED) is 0.451. The van der Waals surface area contributed by atoms with Gasteiger partial charge in [-0.15, -0.1) is 0 Å². The SMILES string of the molecule is C=C(C)C(=O)C(CC)CCCCN(CC)C(=O)C(C)C. The summed E-state index contributed by atoms with van der Waals surface area (Å²) in [7, 11) is 0. The van der Waals surface area contributed by atoms with Crippen molar-refractivity contribution in [1.29, 1.82) is 0 Å². The van der Waals surface area contributed by atoms with E-state index >= 15 is 0 Å². The lowest BCUT2D eigenvalue weighted by Gasteiger charge is -2.23. The van der Waals surface area contributed by atoms with Crippen LogP contribution >= 0.6 is 0 Å². The number of rotatable bonds is 10. The van der Waals surface area contributed by atoms with Crippen LogP contribution in [0.2, 0.25) is 0 Å². The zero-order valence-electron chi connectivity index (χ0n) is 13.9. The Hall–Kier alpha value is -1.12. The largest absolute Gasteiger partial charge is 0.343 e. The highest BCUT2D eigenvalue weighted by Gasteiger charge is 2.18. The van der Waals surface area contributed by atoms with Gasteiger partial charge in [-0.1, -0.05) is 33.8 Å². The van der Waals surface area contributed by atoms with Crippen LogP contribution in [0.15, 0.2) is 12.2 Å². The van der Waals surface area contributed by atoms with Gasteiger partial charge < -0.3 is 4.90 Å². The van der Waals surface area contributed by atoms with E-state index < -0.39 is 0 Å².